The van der Waals surface area contributed by atoms with E-state index in [1.165, 1.54) is 9.13 Å². The molecule has 0 unspecified atom stereocenters. The number of aryl methyl sites for hydroxylation is 1. The minimum Gasteiger partial charge on any atom is -0.494 e. The summed E-state index contributed by atoms with van der Waals surface area (Å²) < 4.78 is 8.04. The molecule has 6 nitrogen and oxygen atoms in total. The molecule has 0 atom stereocenters. The predicted molar refractivity (Wildman–Crippen MR) is 96.6 cm³/mol. The molecule has 0 spiro atoms. The first-order valence-electron chi connectivity index (χ1n) is 8.09. The van der Waals surface area contributed by atoms with Gasteiger partial charge in [0.2, 0.25) is 0 Å². The zero-order chi connectivity index (χ0) is 17.6. The molecule has 0 saturated carbocycles. The van der Waals surface area contributed by atoms with Gasteiger partial charge in [-0.05, 0) is 55.8 Å². The summed E-state index contributed by atoms with van der Waals surface area (Å²) in [6.07, 6.45) is 1.58. The van der Waals surface area contributed by atoms with Crippen LogP contribution >= 0.6 is 0 Å². The number of ether oxygens (including phenoxy) is 1. The van der Waals surface area contributed by atoms with Crippen LogP contribution in [0.5, 0.6) is 5.75 Å². The first-order valence-corrected chi connectivity index (χ1v) is 8.09. The Balaban J connectivity index is 1.99. The Morgan fingerprint density at radius 3 is 2.52 bits per heavy atom. The van der Waals surface area contributed by atoms with Crippen LogP contribution in [0.4, 0.5) is 0 Å². The van der Waals surface area contributed by atoms with E-state index in [2.05, 4.69) is 4.98 Å². The summed E-state index contributed by atoms with van der Waals surface area (Å²) in [5.74, 6) is 0.699. The number of fused-ring (bicyclic) bond motifs is 3. The molecule has 126 valence electrons. The Morgan fingerprint density at radius 1 is 1.04 bits per heavy atom. The molecule has 0 bridgehead atoms. The fourth-order valence-electron chi connectivity index (χ4n) is 3.05. The molecule has 0 aromatic heterocycles. The van der Waals surface area contributed by atoms with E-state index in [9.17, 15) is 9.59 Å². The fraction of sp³-hybridized carbons (Fsp3) is 0.158. The second-order valence-electron chi connectivity index (χ2n) is 5.88. The third-order valence-electron chi connectivity index (χ3n) is 4.21. The number of hydrogen-bond acceptors (Lipinski definition) is 3. The fourth-order valence-corrected chi connectivity index (χ4v) is 3.05. The third-order valence-corrected chi connectivity index (χ3v) is 4.21. The van der Waals surface area contributed by atoms with Crippen LogP contribution < -0.4 is 16.0 Å². The van der Waals surface area contributed by atoms with Crippen LogP contribution in [0.15, 0.2) is 58.3 Å². The first-order chi connectivity index (χ1) is 12.1. The largest absolute Gasteiger partial charge is 0.494 e. The van der Waals surface area contributed by atoms with Crippen LogP contribution in [0.3, 0.4) is 0 Å². The van der Waals surface area contributed by atoms with Crippen molar-refractivity contribution in [2.45, 2.75) is 13.8 Å². The summed E-state index contributed by atoms with van der Waals surface area (Å²) in [5.41, 5.74) is 2.65. The van der Waals surface area contributed by atoms with Crippen LogP contribution in [0.2, 0.25) is 0 Å². The van der Waals surface area contributed by atoms with Gasteiger partial charge >= 0.3 is 5.69 Å². The monoisotopic (exact) mass is 335 g/mol. The summed E-state index contributed by atoms with van der Waals surface area (Å²) in [6.45, 7) is 4.44. The molecule has 4 rings (SSSR count). The van der Waals surface area contributed by atoms with Gasteiger partial charge in [-0.2, -0.15) is 0 Å². The highest BCUT2D eigenvalue weighted by Crippen LogP contribution is 2.18. The molecule has 0 amide bonds. The van der Waals surface area contributed by atoms with Gasteiger partial charge in [0, 0.05) is 6.20 Å². The van der Waals surface area contributed by atoms with E-state index >= 15 is 0 Å². The zero-order valence-electron chi connectivity index (χ0n) is 13.9. The van der Waals surface area contributed by atoms with Crippen LogP contribution in [0.1, 0.15) is 12.5 Å². The van der Waals surface area contributed by atoms with Crippen LogP contribution in [-0.2, 0) is 0 Å². The zero-order valence-corrected chi connectivity index (χ0v) is 13.9. The molecule has 6 heteroatoms. The Kier molecular flexibility index (Phi) is 3.46. The van der Waals surface area contributed by atoms with E-state index in [-0.39, 0.29) is 11.2 Å². The Bertz CT molecular complexity index is 1150. The molecule has 0 saturated heterocycles. The first kappa shape index (κ1) is 15.3. The van der Waals surface area contributed by atoms with Gasteiger partial charge < -0.3 is 9.72 Å². The van der Waals surface area contributed by atoms with Gasteiger partial charge in [-0.15, -0.1) is 0 Å². The van der Waals surface area contributed by atoms with E-state index in [0.717, 1.165) is 11.1 Å². The molecule has 2 aromatic carbocycles. The number of rotatable bonds is 3. The van der Waals surface area contributed by atoms with Gasteiger partial charge in [0.25, 0.3) is 5.56 Å². The molecule has 2 aliphatic heterocycles. The molecule has 2 aliphatic rings. The van der Waals surface area contributed by atoms with Crippen molar-refractivity contribution in [3.05, 3.63) is 75.1 Å². The van der Waals surface area contributed by atoms with Gasteiger partial charge in [0.15, 0.2) is 0 Å². The van der Waals surface area contributed by atoms with Crippen molar-refractivity contribution in [1.29, 1.82) is 0 Å². The van der Waals surface area contributed by atoms with Crippen LogP contribution in [-0.4, -0.2) is 20.7 Å². The van der Waals surface area contributed by atoms with E-state index < -0.39 is 0 Å². The van der Waals surface area contributed by atoms with Crippen LogP contribution in [0, 0.1) is 6.92 Å². The summed E-state index contributed by atoms with van der Waals surface area (Å²) >= 11 is 0. The van der Waals surface area contributed by atoms with Gasteiger partial charge in [0.1, 0.15) is 11.4 Å². The smallest absolute Gasteiger partial charge is 0.341 e. The SMILES string of the molecule is CCOc1ccc(-n2c(=O)c3c[nH]c4cc(C)ccc4n-3c2=O)cc1. The summed E-state index contributed by atoms with van der Waals surface area (Å²) in [4.78, 5) is 28.8. The minimum absolute atomic E-state index is 0.315. The van der Waals surface area contributed by atoms with E-state index in [1.54, 1.807) is 30.5 Å². The quantitative estimate of drug-likeness (QED) is 0.626. The predicted octanol–water partition coefficient (Wildman–Crippen LogP) is 2.61. The summed E-state index contributed by atoms with van der Waals surface area (Å²) in [5, 5.41) is 0. The molecule has 2 heterocycles. The highest BCUT2D eigenvalue weighted by atomic mass is 16.5. The lowest BCUT2D eigenvalue weighted by molar-refractivity contribution is 0.340. The Morgan fingerprint density at radius 2 is 1.80 bits per heavy atom. The molecular formula is C19H17N3O3. The molecule has 0 radical (unpaired) electrons. The molecule has 2 aromatic rings. The van der Waals surface area contributed by atoms with Gasteiger partial charge in [0.05, 0.1) is 23.3 Å². The van der Waals surface area contributed by atoms with Crippen molar-refractivity contribution in [3.63, 3.8) is 0 Å². The van der Waals surface area contributed by atoms with Crippen molar-refractivity contribution in [1.82, 2.24) is 14.1 Å². The van der Waals surface area contributed by atoms with Crippen molar-refractivity contribution in [3.8, 4) is 17.1 Å². The number of H-pyrrole nitrogens is 1. The number of nitrogens with zero attached hydrogens (tertiary/aromatic N) is 2. The van der Waals surface area contributed by atoms with Gasteiger partial charge in [-0.1, -0.05) is 6.07 Å². The Labute approximate surface area is 143 Å². The second-order valence-corrected chi connectivity index (χ2v) is 5.88. The average molecular weight is 335 g/mol. The maximum absolute atomic E-state index is 12.9. The van der Waals surface area contributed by atoms with E-state index in [1.807, 2.05) is 32.0 Å². The normalized spacial score (nSPS) is 11.3. The topological polar surface area (TPSA) is 69.0 Å². The number of benzene rings is 2. The lowest BCUT2D eigenvalue weighted by atomic mass is 10.2. The van der Waals surface area contributed by atoms with E-state index in [4.69, 9.17) is 4.74 Å². The highest BCUT2D eigenvalue weighted by molar-refractivity contribution is 5.78. The average Bonchev–Trinajstić information content (AvgIpc) is 2.87. The lowest BCUT2D eigenvalue weighted by Crippen LogP contribution is -2.25. The minimum atomic E-state index is -0.382. The number of aromatic nitrogens is 3. The number of aromatic amines is 1. The molecule has 1 N–H and O–H groups in total. The molecule has 0 aliphatic carbocycles. The van der Waals surface area contributed by atoms with Crippen molar-refractivity contribution in [2.24, 2.45) is 0 Å². The highest BCUT2D eigenvalue weighted by Gasteiger charge is 2.20. The summed E-state index contributed by atoms with van der Waals surface area (Å²) in [7, 11) is 0. The molecule has 0 fully saturated rings. The van der Waals surface area contributed by atoms with Crippen molar-refractivity contribution in [2.75, 3.05) is 6.61 Å². The molecular weight excluding hydrogens is 318 g/mol. The summed E-state index contributed by atoms with van der Waals surface area (Å²) in [6, 6.07) is 12.6. The van der Waals surface area contributed by atoms with Crippen molar-refractivity contribution < 1.29 is 4.74 Å². The number of imidazole rings is 1. The van der Waals surface area contributed by atoms with Gasteiger partial charge in [-0.3, -0.25) is 9.36 Å². The van der Waals surface area contributed by atoms with Gasteiger partial charge in [-0.25, -0.2) is 9.36 Å². The number of nitrogens with one attached hydrogen (secondary N) is 1. The maximum atomic E-state index is 12.9. The van der Waals surface area contributed by atoms with Crippen LogP contribution in [0.25, 0.3) is 22.4 Å². The van der Waals surface area contributed by atoms with E-state index in [0.29, 0.717) is 29.2 Å². The number of hydrogen-bond donors (Lipinski definition) is 1. The standard InChI is InChI=1S/C19H17N3O3/c1-3-25-14-7-5-13(6-8-14)21-18(23)17-11-20-15-10-12(2)4-9-16(15)22(17)19(21)24/h4-11,20H,3H2,1-2H3. The Hall–Kier alpha value is -3.28. The third kappa shape index (κ3) is 2.34. The maximum Gasteiger partial charge on any atom is 0.341 e. The second kappa shape index (κ2) is 5.66. The van der Waals surface area contributed by atoms with Crippen molar-refractivity contribution >= 4 is 11.0 Å². The lowest BCUT2D eigenvalue weighted by Gasteiger charge is -2.06. The molecule has 25 heavy (non-hydrogen) atoms.